The van der Waals surface area contributed by atoms with Gasteiger partial charge in [0.2, 0.25) is 15.9 Å². The van der Waals surface area contributed by atoms with Crippen molar-refractivity contribution in [3.63, 3.8) is 0 Å². The number of nitrogens with zero attached hydrogens (tertiary/aromatic N) is 1. The highest BCUT2D eigenvalue weighted by Crippen LogP contribution is 2.33. The lowest BCUT2D eigenvalue weighted by Crippen LogP contribution is -2.29. The summed E-state index contributed by atoms with van der Waals surface area (Å²) < 4.78 is 53.3. The number of para-hydroxylation sites is 1. The molecular weight excluding hydrogens is 418 g/mol. The SMILES string of the molecule is CCCS(=O)(=O)Nc1ccccc1Cc1ccc(N2C=C(O)NS2(=O)=O)c(O)c1. The number of aliphatic hydroxyl groups excluding tert-OH is 1. The van der Waals surface area contributed by atoms with E-state index in [9.17, 15) is 27.0 Å². The van der Waals surface area contributed by atoms with E-state index < -0.39 is 26.1 Å². The second-order valence-corrected chi connectivity index (χ2v) is 9.88. The third kappa shape index (κ3) is 4.74. The molecule has 0 fully saturated rings. The summed E-state index contributed by atoms with van der Waals surface area (Å²) in [6, 6.07) is 11.3. The lowest BCUT2D eigenvalue weighted by molar-refractivity contribution is 0.392. The fraction of sp³-hybridized carbons (Fsp3) is 0.222. The molecule has 156 valence electrons. The molecule has 9 nitrogen and oxygen atoms in total. The molecule has 29 heavy (non-hydrogen) atoms. The molecule has 0 aliphatic carbocycles. The number of benzene rings is 2. The molecule has 0 atom stereocenters. The molecule has 0 spiro atoms. The van der Waals surface area contributed by atoms with E-state index >= 15 is 0 Å². The number of phenolic OH excluding ortho intramolecular Hbond substituents is 1. The van der Waals surface area contributed by atoms with E-state index in [4.69, 9.17) is 0 Å². The van der Waals surface area contributed by atoms with Crippen molar-refractivity contribution in [2.75, 3.05) is 14.8 Å². The fourth-order valence-corrected chi connectivity index (χ4v) is 5.17. The van der Waals surface area contributed by atoms with Gasteiger partial charge >= 0.3 is 10.2 Å². The Morgan fingerprint density at radius 3 is 2.48 bits per heavy atom. The zero-order chi connectivity index (χ0) is 21.2. The van der Waals surface area contributed by atoms with Crippen molar-refractivity contribution >= 4 is 31.6 Å². The van der Waals surface area contributed by atoms with Crippen LogP contribution in [0.4, 0.5) is 11.4 Å². The molecule has 0 saturated heterocycles. The average molecular weight is 440 g/mol. The molecular formula is C18H21N3O6S2. The van der Waals surface area contributed by atoms with E-state index in [2.05, 4.69) is 4.72 Å². The second-order valence-electron chi connectivity index (χ2n) is 6.50. The summed E-state index contributed by atoms with van der Waals surface area (Å²) in [6.45, 7) is 1.78. The lowest BCUT2D eigenvalue weighted by Gasteiger charge is -2.17. The molecule has 1 aliphatic rings. The third-order valence-corrected chi connectivity index (χ3v) is 6.92. The number of aliphatic hydroxyl groups is 1. The Morgan fingerprint density at radius 1 is 1.14 bits per heavy atom. The first-order valence-corrected chi connectivity index (χ1v) is 11.8. The minimum Gasteiger partial charge on any atom is -0.506 e. The van der Waals surface area contributed by atoms with Gasteiger partial charge in [0.05, 0.1) is 17.6 Å². The fourth-order valence-electron chi connectivity index (χ4n) is 2.93. The van der Waals surface area contributed by atoms with Gasteiger partial charge in [-0.05, 0) is 42.2 Å². The number of nitrogens with one attached hydrogen (secondary N) is 2. The molecule has 0 bridgehead atoms. The van der Waals surface area contributed by atoms with Gasteiger partial charge in [-0.2, -0.15) is 8.42 Å². The summed E-state index contributed by atoms with van der Waals surface area (Å²) >= 11 is 0. The maximum Gasteiger partial charge on any atom is 0.330 e. The molecule has 0 amide bonds. The predicted octanol–water partition coefficient (Wildman–Crippen LogP) is 2.15. The monoisotopic (exact) mass is 439 g/mol. The van der Waals surface area contributed by atoms with E-state index in [1.807, 2.05) is 4.72 Å². The molecule has 0 aromatic heterocycles. The van der Waals surface area contributed by atoms with Crippen LogP contribution in [0.2, 0.25) is 0 Å². The van der Waals surface area contributed by atoms with Gasteiger partial charge in [-0.15, -0.1) is 0 Å². The Labute approximate surface area is 169 Å². The Balaban J connectivity index is 1.87. The van der Waals surface area contributed by atoms with Crippen molar-refractivity contribution in [2.24, 2.45) is 0 Å². The molecule has 11 heteroatoms. The predicted molar refractivity (Wildman–Crippen MR) is 110 cm³/mol. The van der Waals surface area contributed by atoms with E-state index in [1.54, 1.807) is 37.3 Å². The summed E-state index contributed by atoms with van der Waals surface area (Å²) in [5.41, 5.74) is 1.77. The van der Waals surface area contributed by atoms with Crippen molar-refractivity contribution in [1.82, 2.24) is 4.72 Å². The molecule has 1 aliphatic heterocycles. The molecule has 4 N–H and O–H groups in total. The van der Waals surface area contributed by atoms with Gasteiger partial charge in [0, 0.05) is 0 Å². The van der Waals surface area contributed by atoms with Crippen molar-refractivity contribution < 1.29 is 27.0 Å². The molecule has 0 unspecified atom stereocenters. The number of sulfonamides is 1. The van der Waals surface area contributed by atoms with Gasteiger partial charge < -0.3 is 10.2 Å². The molecule has 0 radical (unpaired) electrons. The first kappa shape index (κ1) is 20.8. The van der Waals surface area contributed by atoms with E-state index in [0.717, 1.165) is 10.5 Å². The number of phenols is 1. The topological polar surface area (TPSA) is 136 Å². The second kappa shape index (κ2) is 7.84. The van der Waals surface area contributed by atoms with Crippen LogP contribution < -0.4 is 13.7 Å². The van der Waals surface area contributed by atoms with E-state index in [0.29, 0.717) is 29.7 Å². The van der Waals surface area contributed by atoms with Crippen LogP contribution in [0.3, 0.4) is 0 Å². The number of hydrogen-bond donors (Lipinski definition) is 4. The maximum absolute atomic E-state index is 12.1. The van der Waals surface area contributed by atoms with Crippen molar-refractivity contribution in [1.29, 1.82) is 0 Å². The summed E-state index contributed by atoms with van der Waals surface area (Å²) in [7, 11) is -7.47. The standard InChI is InChI=1S/C18H21N3O6S2/c1-2-9-28(24,25)19-15-6-4-3-5-14(15)10-13-7-8-16(17(22)11-13)21-12-18(23)20-29(21,26)27/h3-8,11-12,19-20,22-23H,2,9-10H2,1H3. The summed E-state index contributed by atoms with van der Waals surface area (Å²) in [5.74, 6) is -0.847. The summed E-state index contributed by atoms with van der Waals surface area (Å²) in [4.78, 5) is 0. The highest BCUT2D eigenvalue weighted by Gasteiger charge is 2.30. The number of rotatable bonds is 7. The van der Waals surface area contributed by atoms with Crippen LogP contribution >= 0.6 is 0 Å². The average Bonchev–Trinajstić information content (AvgIpc) is 2.88. The molecule has 0 saturated carbocycles. The first-order chi connectivity index (χ1) is 13.6. The molecule has 2 aromatic carbocycles. The van der Waals surface area contributed by atoms with Gasteiger partial charge in [0.1, 0.15) is 11.4 Å². The van der Waals surface area contributed by atoms with Gasteiger partial charge in [-0.1, -0.05) is 31.2 Å². The minimum absolute atomic E-state index is 0.00945. The van der Waals surface area contributed by atoms with Gasteiger partial charge in [0.25, 0.3) is 0 Å². The van der Waals surface area contributed by atoms with Crippen LogP contribution in [-0.2, 0) is 26.7 Å². The van der Waals surface area contributed by atoms with Crippen LogP contribution in [0, 0.1) is 0 Å². The lowest BCUT2D eigenvalue weighted by atomic mass is 10.0. The number of anilines is 2. The molecule has 3 rings (SSSR count). The highest BCUT2D eigenvalue weighted by atomic mass is 32.2. The Hall–Kier alpha value is -2.92. The molecule has 1 heterocycles. The zero-order valence-corrected chi connectivity index (χ0v) is 17.2. The number of aromatic hydroxyl groups is 1. The summed E-state index contributed by atoms with van der Waals surface area (Å²) in [5, 5.41) is 19.7. The quantitative estimate of drug-likeness (QED) is 0.522. The normalized spacial score (nSPS) is 15.6. The Bertz CT molecular complexity index is 1160. The van der Waals surface area contributed by atoms with Gasteiger partial charge in [-0.25, -0.2) is 17.4 Å². The van der Waals surface area contributed by atoms with Crippen LogP contribution in [0.5, 0.6) is 5.75 Å². The Kier molecular flexibility index (Phi) is 5.62. The largest absolute Gasteiger partial charge is 0.506 e. The summed E-state index contributed by atoms with van der Waals surface area (Å²) in [6.07, 6.45) is 1.75. The van der Waals surface area contributed by atoms with Crippen molar-refractivity contribution in [2.45, 2.75) is 19.8 Å². The van der Waals surface area contributed by atoms with Crippen molar-refractivity contribution in [3.05, 3.63) is 65.7 Å². The van der Waals surface area contributed by atoms with Gasteiger partial charge in [0.15, 0.2) is 0 Å². The maximum atomic E-state index is 12.1. The molecule has 2 aromatic rings. The minimum atomic E-state index is -4.01. The zero-order valence-electron chi connectivity index (χ0n) is 15.5. The van der Waals surface area contributed by atoms with Crippen LogP contribution in [0.15, 0.2) is 54.5 Å². The third-order valence-electron chi connectivity index (χ3n) is 4.16. The van der Waals surface area contributed by atoms with E-state index in [1.165, 1.54) is 12.1 Å². The Morgan fingerprint density at radius 2 is 1.86 bits per heavy atom. The van der Waals surface area contributed by atoms with Crippen LogP contribution in [0.1, 0.15) is 24.5 Å². The van der Waals surface area contributed by atoms with Gasteiger partial charge in [-0.3, -0.25) is 4.72 Å². The highest BCUT2D eigenvalue weighted by molar-refractivity contribution is 7.92. The smallest absolute Gasteiger partial charge is 0.330 e. The van der Waals surface area contributed by atoms with Crippen molar-refractivity contribution in [3.8, 4) is 5.75 Å². The first-order valence-electron chi connectivity index (χ1n) is 8.74. The van der Waals surface area contributed by atoms with E-state index in [-0.39, 0.29) is 17.2 Å². The van der Waals surface area contributed by atoms with Crippen LogP contribution in [0.25, 0.3) is 0 Å². The van der Waals surface area contributed by atoms with Crippen LogP contribution in [-0.4, -0.2) is 32.8 Å². The number of hydrogen-bond acceptors (Lipinski definition) is 6.